The molecule has 2 aromatic rings. The number of benzene rings is 2. The Balaban J connectivity index is 2.60. The van der Waals surface area contributed by atoms with Crippen LogP contribution in [0.15, 0.2) is 46.4 Å². The molecule has 0 aliphatic heterocycles. The Labute approximate surface area is 181 Å². The summed E-state index contributed by atoms with van der Waals surface area (Å²) < 4.78 is 53.7. The van der Waals surface area contributed by atoms with Gasteiger partial charge in [-0.2, -0.15) is 13.2 Å². The van der Waals surface area contributed by atoms with Crippen LogP contribution in [0, 0.1) is 10.1 Å². The molecule has 0 bridgehead atoms. The molecule has 0 aliphatic carbocycles. The summed E-state index contributed by atoms with van der Waals surface area (Å²) in [5, 5.41) is 11.3. The molecule has 164 valence electrons. The number of rotatable bonds is 6. The van der Waals surface area contributed by atoms with Crippen molar-refractivity contribution in [3.63, 3.8) is 0 Å². The number of nitro benzene ring substituents is 1. The van der Waals surface area contributed by atoms with Crippen molar-refractivity contribution >= 4 is 39.6 Å². The van der Waals surface area contributed by atoms with E-state index in [9.17, 15) is 32.9 Å². The van der Waals surface area contributed by atoms with Crippen LogP contribution in [0.2, 0.25) is 0 Å². The number of carbonyl (C=O) groups is 2. The fourth-order valence-corrected chi connectivity index (χ4v) is 2.72. The van der Waals surface area contributed by atoms with Crippen molar-refractivity contribution in [2.24, 2.45) is 0 Å². The Morgan fingerprint density at radius 2 is 1.61 bits per heavy atom. The second-order valence-electron chi connectivity index (χ2n) is 5.76. The lowest BCUT2D eigenvalue weighted by atomic mass is 10.1. The Kier molecular flexibility index (Phi) is 7.39. The van der Waals surface area contributed by atoms with Crippen molar-refractivity contribution in [1.82, 2.24) is 0 Å². The molecule has 0 radical (unpaired) electrons. The Bertz CT molecular complexity index is 1050. The first kappa shape index (κ1) is 23.9. The maximum absolute atomic E-state index is 12.9. The molecule has 0 fully saturated rings. The van der Waals surface area contributed by atoms with Crippen LogP contribution in [-0.4, -0.2) is 31.1 Å². The van der Waals surface area contributed by atoms with Gasteiger partial charge in [-0.25, -0.2) is 9.59 Å². The van der Waals surface area contributed by atoms with Crippen molar-refractivity contribution in [3.8, 4) is 11.5 Å². The lowest BCUT2D eigenvalue weighted by Gasteiger charge is -2.12. The third-order valence-corrected chi connectivity index (χ3v) is 4.28. The maximum Gasteiger partial charge on any atom is 0.416 e. The fraction of sp³-hybridized carbons (Fsp3) is 0.158. The summed E-state index contributed by atoms with van der Waals surface area (Å²) in [5.74, 6) is -2.60. The number of ether oxygens (including phenoxy) is 3. The van der Waals surface area contributed by atoms with Crippen LogP contribution < -0.4 is 4.74 Å². The summed E-state index contributed by atoms with van der Waals surface area (Å²) in [5.41, 5.74) is -2.56. The summed E-state index contributed by atoms with van der Waals surface area (Å²) in [4.78, 5) is 34.1. The molecule has 0 heterocycles. The average Bonchev–Trinajstić information content (AvgIpc) is 2.71. The highest BCUT2D eigenvalue weighted by Gasteiger charge is 2.33. The molecule has 12 heteroatoms. The highest BCUT2D eigenvalue weighted by Crippen LogP contribution is 2.39. The third-order valence-electron chi connectivity index (χ3n) is 3.79. The smallest absolute Gasteiger partial charge is 0.416 e. The number of hydrogen-bond donors (Lipinski definition) is 0. The predicted molar refractivity (Wildman–Crippen MR) is 104 cm³/mol. The Morgan fingerprint density at radius 1 is 1.03 bits per heavy atom. The van der Waals surface area contributed by atoms with Crippen LogP contribution in [0.5, 0.6) is 11.5 Å². The summed E-state index contributed by atoms with van der Waals surface area (Å²) in [6.07, 6.45) is -3.72. The van der Waals surface area contributed by atoms with Crippen molar-refractivity contribution in [2.75, 3.05) is 14.2 Å². The Hall–Kier alpha value is -3.41. The van der Waals surface area contributed by atoms with Gasteiger partial charge < -0.3 is 14.2 Å². The van der Waals surface area contributed by atoms with Crippen molar-refractivity contribution in [3.05, 3.63) is 67.7 Å². The minimum atomic E-state index is -4.79. The number of methoxy groups -OCH3 is 2. The zero-order valence-electron chi connectivity index (χ0n) is 15.9. The van der Waals surface area contributed by atoms with Gasteiger partial charge in [0.2, 0.25) is 5.75 Å². The molecule has 2 aromatic carbocycles. The number of halogens is 4. The molecule has 0 spiro atoms. The minimum Gasteiger partial charge on any atom is -0.465 e. The molecule has 0 amide bonds. The van der Waals surface area contributed by atoms with E-state index in [1.54, 1.807) is 0 Å². The van der Waals surface area contributed by atoms with Gasteiger partial charge in [0.05, 0.1) is 24.7 Å². The summed E-state index contributed by atoms with van der Waals surface area (Å²) in [7, 11) is 2.09. The molecule has 0 N–H and O–H groups in total. The van der Waals surface area contributed by atoms with Crippen LogP contribution in [0.1, 0.15) is 11.1 Å². The zero-order valence-corrected chi connectivity index (χ0v) is 17.4. The minimum absolute atomic E-state index is 0.0867. The maximum atomic E-state index is 12.9. The standard InChI is InChI=1S/C19H13BrF3NO7/c1-29-17(25)13(18(26)30-2)8-10-7-12(20)4-6-15(10)31-16-5-3-11(19(21,22)23)9-14(16)24(27)28/h3-9H,1-2H3. The zero-order chi connectivity index (χ0) is 23.3. The molecule has 0 saturated carbocycles. The lowest BCUT2D eigenvalue weighted by molar-refractivity contribution is -0.385. The monoisotopic (exact) mass is 503 g/mol. The van der Waals surface area contributed by atoms with E-state index >= 15 is 0 Å². The first-order valence-corrected chi connectivity index (χ1v) is 8.98. The van der Waals surface area contributed by atoms with Crippen molar-refractivity contribution in [1.29, 1.82) is 0 Å². The molecule has 0 saturated heterocycles. The van der Waals surface area contributed by atoms with Crippen molar-refractivity contribution in [2.45, 2.75) is 6.18 Å². The Morgan fingerprint density at radius 3 is 2.13 bits per heavy atom. The predicted octanol–water partition coefficient (Wildman–Crippen LogP) is 4.90. The summed E-state index contributed by atoms with van der Waals surface area (Å²) in [6, 6.07) is 6.01. The largest absolute Gasteiger partial charge is 0.465 e. The molecule has 0 atom stereocenters. The molecule has 0 unspecified atom stereocenters. The molecule has 0 aliphatic rings. The van der Waals surface area contributed by atoms with E-state index in [0.29, 0.717) is 16.6 Å². The van der Waals surface area contributed by atoms with Gasteiger partial charge in [-0.1, -0.05) is 15.9 Å². The van der Waals surface area contributed by atoms with Crippen LogP contribution >= 0.6 is 15.9 Å². The van der Waals surface area contributed by atoms with E-state index in [2.05, 4.69) is 25.4 Å². The molecule has 2 rings (SSSR count). The van der Waals surface area contributed by atoms with E-state index in [1.165, 1.54) is 18.2 Å². The molecular weight excluding hydrogens is 491 g/mol. The number of nitro groups is 1. The normalized spacial score (nSPS) is 10.8. The summed E-state index contributed by atoms with van der Waals surface area (Å²) in [6.45, 7) is 0. The summed E-state index contributed by atoms with van der Waals surface area (Å²) >= 11 is 3.20. The van der Waals surface area contributed by atoms with Gasteiger partial charge in [-0.05, 0) is 36.4 Å². The van der Waals surface area contributed by atoms with Crippen LogP contribution in [-0.2, 0) is 25.2 Å². The van der Waals surface area contributed by atoms with Gasteiger partial charge in [-0.15, -0.1) is 0 Å². The fourth-order valence-electron chi connectivity index (χ4n) is 2.34. The molecule has 0 aromatic heterocycles. The van der Waals surface area contributed by atoms with E-state index in [0.717, 1.165) is 26.4 Å². The van der Waals surface area contributed by atoms with Crippen LogP contribution in [0.4, 0.5) is 18.9 Å². The van der Waals surface area contributed by atoms with E-state index < -0.39 is 45.6 Å². The van der Waals surface area contributed by atoms with Crippen LogP contribution in [0.3, 0.4) is 0 Å². The number of hydrogen-bond acceptors (Lipinski definition) is 7. The second kappa shape index (κ2) is 9.60. The van der Waals surface area contributed by atoms with Gasteiger partial charge in [0.25, 0.3) is 0 Å². The van der Waals surface area contributed by atoms with Gasteiger partial charge in [0.1, 0.15) is 11.3 Å². The number of esters is 2. The highest BCUT2D eigenvalue weighted by molar-refractivity contribution is 9.10. The number of carbonyl (C=O) groups excluding carboxylic acids is 2. The quantitative estimate of drug-likeness (QED) is 0.138. The molecular formula is C19H13BrF3NO7. The van der Waals surface area contributed by atoms with Gasteiger partial charge >= 0.3 is 23.8 Å². The topological polar surface area (TPSA) is 105 Å². The van der Waals surface area contributed by atoms with E-state index in [4.69, 9.17) is 4.74 Å². The molecule has 8 nitrogen and oxygen atoms in total. The lowest BCUT2D eigenvalue weighted by Crippen LogP contribution is -2.15. The van der Waals surface area contributed by atoms with E-state index in [-0.39, 0.29) is 11.3 Å². The van der Waals surface area contributed by atoms with Gasteiger partial charge in [0.15, 0.2) is 0 Å². The van der Waals surface area contributed by atoms with Gasteiger partial charge in [0, 0.05) is 16.1 Å². The molecule has 31 heavy (non-hydrogen) atoms. The first-order chi connectivity index (χ1) is 14.5. The van der Waals surface area contributed by atoms with Crippen LogP contribution in [0.25, 0.3) is 6.08 Å². The number of nitrogens with zero attached hydrogens (tertiary/aromatic N) is 1. The van der Waals surface area contributed by atoms with Gasteiger partial charge in [-0.3, -0.25) is 10.1 Å². The van der Waals surface area contributed by atoms with Crippen molar-refractivity contribution < 1.29 is 41.9 Å². The number of alkyl halides is 3. The van der Waals surface area contributed by atoms with E-state index in [1.807, 2.05) is 0 Å². The highest BCUT2D eigenvalue weighted by atomic mass is 79.9. The second-order valence-corrected chi connectivity index (χ2v) is 6.68. The third kappa shape index (κ3) is 5.81. The first-order valence-electron chi connectivity index (χ1n) is 8.19. The SMILES string of the molecule is COC(=O)C(=Cc1cc(Br)ccc1Oc1ccc(C(F)(F)F)cc1[N+](=O)[O-])C(=O)OC. The average molecular weight is 504 g/mol.